The lowest BCUT2D eigenvalue weighted by Crippen LogP contribution is -2.58. The molecule has 2 aromatic heterocycles. The summed E-state index contributed by atoms with van der Waals surface area (Å²) in [5, 5.41) is 0.330. The number of anilines is 1. The van der Waals surface area contributed by atoms with Gasteiger partial charge in [0, 0.05) is 47.9 Å². The molecule has 4 aromatic rings. The van der Waals surface area contributed by atoms with Crippen LogP contribution in [0.5, 0.6) is 0 Å². The number of fused-ring (bicyclic) bond motifs is 1. The third-order valence-corrected chi connectivity index (χ3v) is 8.46. The van der Waals surface area contributed by atoms with Crippen molar-refractivity contribution < 1.29 is 16.3 Å². The predicted octanol–water partition coefficient (Wildman–Crippen LogP) is 7.23. The van der Waals surface area contributed by atoms with Gasteiger partial charge in [-0.2, -0.15) is 4.98 Å². The van der Waals surface area contributed by atoms with Crippen molar-refractivity contribution in [3.8, 4) is 16.8 Å². The Morgan fingerprint density at radius 1 is 1.07 bits per heavy atom. The Hall–Kier alpha value is -4.66. The maximum absolute atomic E-state index is 16.4. The number of hydrogen-bond donors (Lipinski definition) is 0. The fourth-order valence-electron chi connectivity index (χ4n) is 6.45. The Bertz CT molecular complexity index is 1930. The second-order valence-electron chi connectivity index (χ2n) is 12.2. The lowest BCUT2D eigenvalue weighted by molar-refractivity contribution is -0.127. The molecular formula is C36H39F2N5O2. The van der Waals surface area contributed by atoms with E-state index in [9.17, 15) is 9.59 Å². The molecule has 234 valence electrons. The quantitative estimate of drug-likeness (QED) is 0.206. The van der Waals surface area contributed by atoms with Gasteiger partial charge in [0.15, 0.2) is 0 Å². The first-order valence-electron chi connectivity index (χ1n) is 16.1. The fourth-order valence-corrected chi connectivity index (χ4v) is 6.45. The maximum Gasteiger partial charge on any atom is 0.354 e. The zero-order valence-electron chi connectivity index (χ0n) is 28.4. The van der Waals surface area contributed by atoms with Crippen LogP contribution >= 0.6 is 0 Å². The molecule has 2 atom stereocenters. The standard InChI is InChI=1S/C36H39F2N5O2/c1-9-24-12-11-13-28(37)32(24)26-17-30-27(16-29(26)38)35(42-22(7)18-41(19-23(42)8)31(44)10-2)40-36(45)43(30)34-25(20(3)4)14-15-39-33(34)21(5)6/h9-17,20-23H,1-2,18-19H2,3-8H3/t22-,23-/m0/s1/i1D2. The second kappa shape index (κ2) is 12.4. The summed E-state index contributed by atoms with van der Waals surface area (Å²) in [5.41, 5.74) is 1.63. The summed E-state index contributed by atoms with van der Waals surface area (Å²) in [6.45, 7) is 15.5. The highest BCUT2D eigenvalue weighted by Gasteiger charge is 2.34. The number of rotatable bonds is 7. The van der Waals surface area contributed by atoms with Gasteiger partial charge in [-0.3, -0.25) is 14.3 Å². The van der Waals surface area contributed by atoms with Crippen molar-refractivity contribution in [2.24, 2.45) is 0 Å². The van der Waals surface area contributed by atoms with Crippen LogP contribution in [0.15, 0.2) is 66.6 Å². The number of carbonyl (C=O) groups is 1. The summed E-state index contributed by atoms with van der Waals surface area (Å²) in [4.78, 5) is 39.7. The first-order chi connectivity index (χ1) is 22.2. The van der Waals surface area contributed by atoms with Crippen LogP contribution in [0.1, 0.15) is 72.9 Å². The van der Waals surface area contributed by atoms with Crippen LogP contribution in [0.4, 0.5) is 14.6 Å². The van der Waals surface area contributed by atoms with E-state index >= 15 is 8.78 Å². The number of aromatic nitrogens is 3. The normalized spacial score (nSPS) is 17.5. The van der Waals surface area contributed by atoms with Crippen molar-refractivity contribution in [3.05, 3.63) is 101 Å². The second-order valence-corrected chi connectivity index (χ2v) is 12.2. The minimum atomic E-state index is -0.762. The predicted molar refractivity (Wildman–Crippen MR) is 177 cm³/mol. The maximum atomic E-state index is 16.4. The number of benzene rings is 2. The van der Waals surface area contributed by atoms with Crippen molar-refractivity contribution >= 4 is 28.7 Å². The zero-order valence-corrected chi connectivity index (χ0v) is 26.4. The molecule has 0 saturated carbocycles. The van der Waals surface area contributed by atoms with Crippen molar-refractivity contribution in [3.63, 3.8) is 0 Å². The minimum absolute atomic E-state index is 0.0154. The molecule has 0 bridgehead atoms. The molecule has 5 rings (SSSR count). The summed E-state index contributed by atoms with van der Waals surface area (Å²) in [5.74, 6) is -1.55. The molecular weight excluding hydrogens is 572 g/mol. The van der Waals surface area contributed by atoms with E-state index in [4.69, 9.17) is 2.74 Å². The molecule has 1 aliphatic heterocycles. The number of nitrogens with zero attached hydrogens (tertiary/aromatic N) is 5. The van der Waals surface area contributed by atoms with Crippen LogP contribution < -0.4 is 10.6 Å². The Labute approximate surface area is 265 Å². The molecule has 1 saturated heterocycles. The van der Waals surface area contributed by atoms with Gasteiger partial charge in [-0.15, -0.1) is 0 Å². The first kappa shape index (κ1) is 29.1. The molecule has 0 unspecified atom stereocenters. The molecule has 1 amide bonds. The topological polar surface area (TPSA) is 71.3 Å². The van der Waals surface area contributed by atoms with Gasteiger partial charge in [0.1, 0.15) is 17.5 Å². The minimum Gasteiger partial charge on any atom is -0.347 e. The molecule has 7 nitrogen and oxygen atoms in total. The third kappa shape index (κ3) is 5.56. The zero-order chi connectivity index (χ0) is 34.3. The third-order valence-electron chi connectivity index (χ3n) is 8.46. The highest BCUT2D eigenvalue weighted by molar-refractivity contribution is 5.95. The molecule has 0 aliphatic carbocycles. The molecule has 9 heteroatoms. The fraction of sp³-hybridized carbons (Fsp3) is 0.333. The molecule has 1 aliphatic rings. The van der Waals surface area contributed by atoms with Gasteiger partial charge in [-0.1, -0.05) is 59.0 Å². The van der Waals surface area contributed by atoms with Gasteiger partial charge in [-0.05, 0) is 67.2 Å². The molecule has 3 heterocycles. The Kier molecular flexibility index (Phi) is 8.00. The highest BCUT2D eigenvalue weighted by Crippen LogP contribution is 2.38. The number of amides is 1. The van der Waals surface area contributed by atoms with Crippen molar-refractivity contribution in [1.82, 2.24) is 19.4 Å². The summed E-state index contributed by atoms with van der Waals surface area (Å²) in [7, 11) is 0. The van der Waals surface area contributed by atoms with E-state index in [1.54, 1.807) is 11.1 Å². The van der Waals surface area contributed by atoms with Crippen molar-refractivity contribution in [2.75, 3.05) is 18.0 Å². The van der Waals surface area contributed by atoms with Crippen molar-refractivity contribution in [2.45, 2.75) is 65.5 Å². The van der Waals surface area contributed by atoms with Gasteiger partial charge in [0.05, 0.1) is 19.6 Å². The van der Waals surface area contributed by atoms with Crippen LogP contribution in [-0.2, 0) is 4.79 Å². The summed E-state index contributed by atoms with van der Waals surface area (Å²) in [6, 6.07) is 8.14. The van der Waals surface area contributed by atoms with E-state index in [0.29, 0.717) is 35.4 Å². The highest BCUT2D eigenvalue weighted by atomic mass is 19.1. The smallest absolute Gasteiger partial charge is 0.347 e. The van der Waals surface area contributed by atoms with Crippen LogP contribution in [0.25, 0.3) is 33.8 Å². The van der Waals surface area contributed by atoms with Gasteiger partial charge in [0.2, 0.25) is 5.91 Å². The number of carbonyl (C=O) groups excluding carboxylic acids is 1. The van der Waals surface area contributed by atoms with E-state index in [2.05, 4.69) is 16.5 Å². The van der Waals surface area contributed by atoms with E-state index < -0.39 is 23.9 Å². The molecule has 1 fully saturated rings. The Morgan fingerprint density at radius 3 is 2.40 bits per heavy atom. The van der Waals surface area contributed by atoms with Crippen LogP contribution in [0.2, 0.25) is 0 Å². The Morgan fingerprint density at radius 2 is 1.78 bits per heavy atom. The molecule has 45 heavy (non-hydrogen) atoms. The van der Waals surface area contributed by atoms with E-state index in [1.807, 2.05) is 52.5 Å². The van der Waals surface area contributed by atoms with Crippen LogP contribution in [-0.4, -0.2) is 50.5 Å². The average molecular weight is 614 g/mol. The molecule has 2 aromatic carbocycles. The summed E-state index contributed by atoms with van der Waals surface area (Å²) in [6.07, 6.45) is 4.12. The SMILES string of the molecule is [2H]C([2H])=Cc1cccc(F)c1-c1cc2c(cc1F)c(N1[C@@H](C)CN(C(=O)C=C)C[C@@H]1C)nc(=O)n2-c1c(C(C)C)ccnc1C(C)C. The first-order valence-corrected chi connectivity index (χ1v) is 15.1. The van der Waals surface area contributed by atoms with Gasteiger partial charge < -0.3 is 9.80 Å². The number of hydrogen-bond acceptors (Lipinski definition) is 5. The van der Waals surface area contributed by atoms with Gasteiger partial charge >= 0.3 is 5.69 Å². The van der Waals surface area contributed by atoms with E-state index in [0.717, 1.165) is 11.6 Å². The molecule has 0 spiro atoms. The lowest BCUT2D eigenvalue weighted by atomic mass is 9.95. The molecule has 0 N–H and O–H groups in total. The lowest BCUT2D eigenvalue weighted by Gasteiger charge is -2.45. The van der Waals surface area contributed by atoms with Gasteiger partial charge in [-0.25, -0.2) is 13.6 Å². The van der Waals surface area contributed by atoms with E-state index in [-0.39, 0.29) is 52.3 Å². The molecule has 0 radical (unpaired) electrons. The van der Waals surface area contributed by atoms with Gasteiger partial charge in [0.25, 0.3) is 0 Å². The van der Waals surface area contributed by atoms with Crippen molar-refractivity contribution in [1.29, 1.82) is 0 Å². The summed E-state index contributed by atoms with van der Waals surface area (Å²) < 4.78 is 48.8. The average Bonchev–Trinajstić information content (AvgIpc) is 3.00. The number of halogens is 2. The number of piperazine rings is 1. The largest absolute Gasteiger partial charge is 0.354 e. The monoisotopic (exact) mass is 613 g/mol. The van der Waals surface area contributed by atoms with Crippen LogP contribution in [0, 0.1) is 11.6 Å². The van der Waals surface area contributed by atoms with E-state index in [1.165, 1.54) is 41.0 Å². The number of pyridine rings is 1. The summed E-state index contributed by atoms with van der Waals surface area (Å²) >= 11 is 0. The van der Waals surface area contributed by atoms with Crippen LogP contribution in [0.3, 0.4) is 0 Å². The Balaban J connectivity index is 1.91.